The molecule has 0 aromatic heterocycles. The highest BCUT2D eigenvalue weighted by molar-refractivity contribution is 7.99. The highest BCUT2D eigenvalue weighted by Crippen LogP contribution is 2.34. The number of fused-ring (bicyclic) bond motifs is 1. The summed E-state index contributed by atoms with van der Waals surface area (Å²) in [5.41, 5.74) is 0. The van der Waals surface area contributed by atoms with Crippen LogP contribution in [0.4, 0.5) is 0 Å². The molecular weight excluding hydrogens is 248 g/mol. The molecule has 1 aromatic carbocycles. The number of piperazine rings is 1. The molecule has 0 amide bonds. The summed E-state index contributed by atoms with van der Waals surface area (Å²) in [6, 6.07) is 6.20. The molecule has 4 nitrogen and oxygen atoms in total. The maximum absolute atomic E-state index is 5.59. The van der Waals surface area contributed by atoms with E-state index in [4.69, 9.17) is 9.47 Å². The van der Waals surface area contributed by atoms with Crippen LogP contribution in [0.3, 0.4) is 0 Å². The van der Waals surface area contributed by atoms with Crippen LogP contribution < -0.4 is 14.8 Å². The van der Waals surface area contributed by atoms with Gasteiger partial charge in [0.2, 0.25) is 0 Å². The molecule has 1 N–H and O–H groups in total. The number of nitrogens with zero attached hydrogens (tertiary/aromatic N) is 1. The highest BCUT2D eigenvalue weighted by Gasteiger charge is 2.13. The molecular formula is C13H18N2O2S. The van der Waals surface area contributed by atoms with Crippen LogP contribution in [-0.4, -0.2) is 50.2 Å². The largest absolute Gasteiger partial charge is 0.486 e. The summed E-state index contributed by atoms with van der Waals surface area (Å²) in [6.07, 6.45) is 0. The predicted octanol–water partition coefficient (Wildman–Crippen LogP) is 1.41. The fourth-order valence-electron chi connectivity index (χ4n) is 2.12. The average molecular weight is 266 g/mol. The maximum Gasteiger partial charge on any atom is 0.162 e. The Morgan fingerprint density at radius 2 is 1.89 bits per heavy atom. The van der Waals surface area contributed by atoms with Gasteiger partial charge in [-0.05, 0) is 18.2 Å². The third-order valence-electron chi connectivity index (χ3n) is 3.14. The van der Waals surface area contributed by atoms with E-state index in [1.807, 2.05) is 17.8 Å². The van der Waals surface area contributed by atoms with E-state index in [1.54, 1.807) is 0 Å². The van der Waals surface area contributed by atoms with Crippen molar-refractivity contribution >= 4 is 11.8 Å². The van der Waals surface area contributed by atoms with E-state index in [-0.39, 0.29) is 0 Å². The molecule has 0 unspecified atom stereocenters. The van der Waals surface area contributed by atoms with Crippen molar-refractivity contribution in [2.45, 2.75) is 4.90 Å². The summed E-state index contributed by atoms with van der Waals surface area (Å²) in [5, 5.41) is 3.37. The lowest BCUT2D eigenvalue weighted by molar-refractivity contribution is 0.171. The van der Waals surface area contributed by atoms with Crippen LogP contribution in [0, 0.1) is 0 Å². The van der Waals surface area contributed by atoms with E-state index < -0.39 is 0 Å². The lowest BCUT2D eigenvalue weighted by atomic mass is 10.3. The summed E-state index contributed by atoms with van der Waals surface area (Å²) < 4.78 is 11.1. The van der Waals surface area contributed by atoms with Gasteiger partial charge in [0.15, 0.2) is 11.5 Å². The van der Waals surface area contributed by atoms with Crippen molar-refractivity contribution in [2.75, 3.05) is 45.3 Å². The van der Waals surface area contributed by atoms with Crippen LogP contribution in [0.25, 0.3) is 0 Å². The summed E-state index contributed by atoms with van der Waals surface area (Å²) in [5.74, 6) is 2.79. The SMILES string of the molecule is c1cc2c(cc1SCN1CCNCC1)OCCO2. The highest BCUT2D eigenvalue weighted by atomic mass is 32.2. The third-order valence-corrected chi connectivity index (χ3v) is 4.22. The Labute approximate surface area is 112 Å². The Morgan fingerprint density at radius 1 is 1.11 bits per heavy atom. The van der Waals surface area contributed by atoms with Gasteiger partial charge >= 0.3 is 0 Å². The van der Waals surface area contributed by atoms with E-state index in [2.05, 4.69) is 22.3 Å². The molecule has 1 fully saturated rings. The van der Waals surface area contributed by atoms with E-state index in [0.29, 0.717) is 13.2 Å². The first kappa shape index (κ1) is 12.1. The summed E-state index contributed by atoms with van der Waals surface area (Å²) >= 11 is 1.86. The van der Waals surface area contributed by atoms with Crippen molar-refractivity contribution in [3.8, 4) is 11.5 Å². The first-order valence-corrected chi connectivity index (χ1v) is 7.36. The third kappa shape index (κ3) is 2.91. The second-order valence-electron chi connectivity index (χ2n) is 4.45. The number of nitrogens with one attached hydrogen (secondary N) is 1. The van der Waals surface area contributed by atoms with Crippen molar-refractivity contribution in [3.05, 3.63) is 18.2 Å². The lowest BCUT2D eigenvalue weighted by Gasteiger charge is -2.26. The van der Waals surface area contributed by atoms with Crippen LogP contribution >= 0.6 is 11.8 Å². The zero-order valence-corrected chi connectivity index (χ0v) is 11.2. The number of hydrogen-bond acceptors (Lipinski definition) is 5. The predicted molar refractivity (Wildman–Crippen MR) is 72.6 cm³/mol. The van der Waals surface area contributed by atoms with Gasteiger partial charge in [-0.3, -0.25) is 4.90 Å². The molecule has 2 heterocycles. The summed E-state index contributed by atoms with van der Waals surface area (Å²) in [7, 11) is 0. The smallest absolute Gasteiger partial charge is 0.162 e. The van der Waals surface area contributed by atoms with E-state index in [1.165, 1.54) is 4.90 Å². The summed E-state index contributed by atoms with van der Waals surface area (Å²) in [6.45, 7) is 5.78. The molecule has 0 bridgehead atoms. The van der Waals surface area contributed by atoms with Gasteiger partial charge < -0.3 is 14.8 Å². The van der Waals surface area contributed by atoms with Gasteiger partial charge in [-0.15, -0.1) is 11.8 Å². The van der Waals surface area contributed by atoms with Crippen molar-refractivity contribution in [1.82, 2.24) is 10.2 Å². The Kier molecular flexibility index (Phi) is 3.93. The van der Waals surface area contributed by atoms with Crippen LogP contribution in [0.5, 0.6) is 11.5 Å². The molecule has 0 atom stereocenters. The Hall–Kier alpha value is -0.910. The lowest BCUT2D eigenvalue weighted by Crippen LogP contribution is -2.43. The quantitative estimate of drug-likeness (QED) is 0.837. The first-order chi connectivity index (χ1) is 8.92. The number of rotatable bonds is 3. The number of ether oxygens (including phenoxy) is 2. The molecule has 1 aromatic rings. The van der Waals surface area contributed by atoms with E-state index in [0.717, 1.165) is 43.6 Å². The molecule has 2 aliphatic heterocycles. The van der Waals surface area contributed by atoms with Crippen molar-refractivity contribution in [2.24, 2.45) is 0 Å². The van der Waals surface area contributed by atoms with Crippen molar-refractivity contribution in [1.29, 1.82) is 0 Å². The Bertz CT molecular complexity index is 408. The molecule has 98 valence electrons. The monoisotopic (exact) mass is 266 g/mol. The minimum Gasteiger partial charge on any atom is -0.486 e. The molecule has 0 spiro atoms. The molecule has 18 heavy (non-hydrogen) atoms. The Balaban J connectivity index is 1.58. The topological polar surface area (TPSA) is 33.7 Å². The van der Waals surface area contributed by atoms with Crippen LogP contribution in [0.15, 0.2) is 23.1 Å². The molecule has 5 heteroatoms. The van der Waals surface area contributed by atoms with Gasteiger partial charge in [-0.25, -0.2) is 0 Å². The standard InChI is InChI=1S/C13H18N2O2S/c1-2-12-13(17-8-7-16-12)9-11(1)18-10-15-5-3-14-4-6-15/h1-2,9,14H,3-8,10H2. The van der Waals surface area contributed by atoms with E-state index in [9.17, 15) is 0 Å². The van der Waals surface area contributed by atoms with Gasteiger partial charge in [0.1, 0.15) is 13.2 Å². The molecule has 0 radical (unpaired) electrons. The van der Waals surface area contributed by atoms with Crippen LogP contribution in [0.1, 0.15) is 0 Å². The minimum absolute atomic E-state index is 0.652. The molecule has 2 aliphatic rings. The minimum atomic E-state index is 0.652. The fourth-order valence-corrected chi connectivity index (χ4v) is 3.06. The number of thioether (sulfide) groups is 1. The average Bonchev–Trinajstić information content (AvgIpc) is 2.46. The maximum atomic E-state index is 5.59. The fraction of sp³-hybridized carbons (Fsp3) is 0.538. The normalized spacial score (nSPS) is 19.8. The van der Waals surface area contributed by atoms with Crippen LogP contribution in [0.2, 0.25) is 0 Å². The first-order valence-electron chi connectivity index (χ1n) is 6.37. The van der Waals surface area contributed by atoms with Gasteiger partial charge in [-0.1, -0.05) is 0 Å². The Morgan fingerprint density at radius 3 is 2.72 bits per heavy atom. The van der Waals surface area contributed by atoms with Gasteiger partial charge in [0, 0.05) is 37.0 Å². The van der Waals surface area contributed by atoms with Crippen molar-refractivity contribution in [3.63, 3.8) is 0 Å². The van der Waals surface area contributed by atoms with Gasteiger partial charge in [0.05, 0.1) is 0 Å². The van der Waals surface area contributed by atoms with Crippen molar-refractivity contribution < 1.29 is 9.47 Å². The summed E-state index contributed by atoms with van der Waals surface area (Å²) in [4.78, 5) is 3.72. The number of hydrogen-bond donors (Lipinski definition) is 1. The second-order valence-corrected chi connectivity index (χ2v) is 5.47. The zero-order valence-electron chi connectivity index (χ0n) is 10.4. The zero-order chi connectivity index (χ0) is 12.2. The second kappa shape index (κ2) is 5.82. The molecule has 0 saturated carbocycles. The van der Waals surface area contributed by atoms with Gasteiger partial charge in [0.25, 0.3) is 0 Å². The molecule has 1 saturated heterocycles. The molecule has 3 rings (SSSR count). The van der Waals surface area contributed by atoms with Crippen LogP contribution in [-0.2, 0) is 0 Å². The molecule has 0 aliphatic carbocycles. The van der Waals surface area contributed by atoms with E-state index >= 15 is 0 Å². The van der Waals surface area contributed by atoms with Gasteiger partial charge in [-0.2, -0.15) is 0 Å². The number of benzene rings is 1.